The van der Waals surface area contributed by atoms with Crippen molar-refractivity contribution in [1.82, 2.24) is 10.6 Å². The summed E-state index contributed by atoms with van der Waals surface area (Å²) in [4.78, 5) is 24.4. The Balaban J connectivity index is 2.82. The van der Waals surface area contributed by atoms with E-state index in [1.54, 1.807) is 18.2 Å². The van der Waals surface area contributed by atoms with Crippen LogP contribution in [-0.4, -0.2) is 24.4 Å². The van der Waals surface area contributed by atoms with Gasteiger partial charge in [-0.2, -0.15) is 0 Å². The van der Waals surface area contributed by atoms with Crippen LogP contribution in [0.2, 0.25) is 0 Å². The minimum atomic E-state index is -0.926. The molecule has 1 unspecified atom stereocenters. The van der Waals surface area contributed by atoms with Crippen LogP contribution in [0.4, 0.5) is 8.78 Å². The molecular formula is C20H26F2N2O2. The highest BCUT2D eigenvalue weighted by Crippen LogP contribution is 2.10. The molecule has 1 rings (SSSR count). The summed E-state index contributed by atoms with van der Waals surface area (Å²) in [5.74, 6) is -2.27. The fourth-order valence-corrected chi connectivity index (χ4v) is 2.31. The molecule has 26 heavy (non-hydrogen) atoms. The fourth-order valence-electron chi connectivity index (χ4n) is 2.31. The van der Waals surface area contributed by atoms with Gasteiger partial charge < -0.3 is 10.6 Å². The number of carbonyl (C=O) groups excluding carboxylic acids is 2. The predicted octanol–water partition coefficient (Wildman–Crippen LogP) is 3.43. The number of amides is 2. The van der Waals surface area contributed by atoms with Crippen LogP contribution in [0.3, 0.4) is 0 Å². The van der Waals surface area contributed by atoms with E-state index in [0.717, 1.165) is 37.5 Å². The number of halogens is 2. The summed E-state index contributed by atoms with van der Waals surface area (Å²) < 4.78 is 26.8. The third kappa shape index (κ3) is 8.55. The van der Waals surface area contributed by atoms with Crippen molar-refractivity contribution < 1.29 is 18.4 Å². The summed E-state index contributed by atoms with van der Waals surface area (Å²) in [5, 5.41) is 5.26. The van der Waals surface area contributed by atoms with E-state index in [1.165, 1.54) is 6.08 Å². The highest BCUT2D eigenvalue weighted by Gasteiger charge is 2.20. The highest BCUT2D eigenvalue weighted by molar-refractivity contribution is 5.93. The first-order valence-electron chi connectivity index (χ1n) is 8.77. The molecule has 0 heterocycles. The second kappa shape index (κ2) is 12.0. The number of hydrogen-bond donors (Lipinski definition) is 2. The normalized spacial score (nSPS) is 12.5. The van der Waals surface area contributed by atoms with Gasteiger partial charge in [0.05, 0.1) is 0 Å². The Labute approximate surface area is 153 Å². The van der Waals surface area contributed by atoms with Crippen LogP contribution in [0.5, 0.6) is 0 Å². The first-order valence-corrected chi connectivity index (χ1v) is 8.77. The van der Waals surface area contributed by atoms with E-state index in [1.807, 2.05) is 6.92 Å². The Morgan fingerprint density at radius 1 is 1.15 bits per heavy atom. The molecule has 0 saturated heterocycles. The maximum Gasteiger partial charge on any atom is 0.244 e. The minimum Gasteiger partial charge on any atom is -0.351 e. The van der Waals surface area contributed by atoms with Gasteiger partial charge in [-0.1, -0.05) is 38.0 Å². The van der Waals surface area contributed by atoms with Crippen molar-refractivity contribution in [3.8, 4) is 0 Å². The number of benzene rings is 1. The van der Waals surface area contributed by atoms with E-state index in [4.69, 9.17) is 0 Å². The lowest BCUT2D eigenvalue weighted by Crippen LogP contribution is -2.47. The molecule has 0 aromatic heterocycles. The van der Waals surface area contributed by atoms with Gasteiger partial charge in [0, 0.05) is 19.0 Å². The minimum absolute atomic E-state index is 0.00904. The zero-order valence-corrected chi connectivity index (χ0v) is 15.2. The molecule has 2 N–H and O–H groups in total. The molecule has 2 amide bonds. The SMILES string of the molecule is C/C=C/CNC(=O)C(Cc1cc(F)cc(F)c1)NC(=O)/C=C/CCCC. The number of hydrogen-bond acceptors (Lipinski definition) is 2. The zero-order chi connectivity index (χ0) is 19.4. The van der Waals surface area contributed by atoms with Crippen LogP contribution in [0, 0.1) is 11.6 Å². The second-order valence-corrected chi connectivity index (χ2v) is 5.90. The van der Waals surface area contributed by atoms with E-state index < -0.39 is 29.5 Å². The Morgan fingerprint density at radius 3 is 2.46 bits per heavy atom. The molecule has 0 spiro atoms. The lowest BCUT2D eigenvalue weighted by Gasteiger charge is -2.17. The first-order chi connectivity index (χ1) is 12.5. The van der Waals surface area contributed by atoms with Gasteiger partial charge in [0.25, 0.3) is 0 Å². The third-order valence-corrected chi connectivity index (χ3v) is 3.62. The summed E-state index contributed by atoms with van der Waals surface area (Å²) in [6.07, 6.45) is 9.42. The van der Waals surface area contributed by atoms with Crippen molar-refractivity contribution >= 4 is 11.8 Å². The summed E-state index contributed by atoms with van der Waals surface area (Å²) in [7, 11) is 0. The fraction of sp³-hybridized carbons (Fsp3) is 0.400. The standard InChI is InChI=1S/C20H26F2N2O2/c1-3-5-7-8-9-19(25)24-18(20(26)23-10-6-4-2)13-15-11-16(21)14-17(22)12-15/h4,6,8-9,11-12,14,18H,3,5,7,10,13H2,1-2H3,(H,23,26)(H,24,25)/b6-4+,9-8+. The molecule has 0 fully saturated rings. The average molecular weight is 364 g/mol. The van der Waals surface area contributed by atoms with Gasteiger partial charge in [-0.05, 0) is 37.1 Å². The number of rotatable bonds is 10. The van der Waals surface area contributed by atoms with Crippen LogP contribution in [-0.2, 0) is 16.0 Å². The molecule has 6 heteroatoms. The van der Waals surface area contributed by atoms with Crippen molar-refractivity contribution in [1.29, 1.82) is 0 Å². The largest absolute Gasteiger partial charge is 0.351 e. The Bertz CT molecular complexity index is 637. The number of unbranched alkanes of at least 4 members (excludes halogenated alkanes) is 2. The van der Waals surface area contributed by atoms with Gasteiger partial charge in [-0.15, -0.1) is 0 Å². The number of carbonyl (C=O) groups is 2. The molecule has 1 aromatic carbocycles. The summed E-state index contributed by atoms with van der Waals surface area (Å²) in [6.45, 7) is 4.19. The van der Waals surface area contributed by atoms with Gasteiger partial charge in [0.2, 0.25) is 11.8 Å². The van der Waals surface area contributed by atoms with Crippen molar-refractivity contribution in [2.75, 3.05) is 6.54 Å². The molecule has 0 saturated carbocycles. The smallest absolute Gasteiger partial charge is 0.244 e. The van der Waals surface area contributed by atoms with E-state index in [9.17, 15) is 18.4 Å². The van der Waals surface area contributed by atoms with E-state index in [-0.39, 0.29) is 6.42 Å². The molecule has 0 bridgehead atoms. The molecular weight excluding hydrogens is 338 g/mol. The number of nitrogens with one attached hydrogen (secondary N) is 2. The van der Waals surface area contributed by atoms with E-state index in [0.29, 0.717) is 12.1 Å². The summed E-state index contributed by atoms with van der Waals surface area (Å²) >= 11 is 0. The van der Waals surface area contributed by atoms with Crippen LogP contribution < -0.4 is 10.6 Å². The number of allylic oxidation sites excluding steroid dienone is 2. The maximum atomic E-state index is 13.4. The molecule has 4 nitrogen and oxygen atoms in total. The van der Waals surface area contributed by atoms with Gasteiger partial charge >= 0.3 is 0 Å². The van der Waals surface area contributed by atoms with E-state index >= 15 is 0 Å². The molecule has 1 atom stereocenters. The van der Waals surface area contributed by atoms with Crippen molar-refractivity contribution in [2.24, 2.45) is 0 Å². The highest BCUT2D eigenvalue weighted by atomic mass is 19.1. The Hall–Kier alpha value is -2.50. The van der Waals surface area contributed by atoms with E-state index in [2.05, 4.69) is 17.6 Å². The monoisotopic (exact) mass is 364 g/mol. The zero-order valence-electron chi connectivity index (χ0n) is 15.2. The van der Waals surface area contributed by atoms with Gasteiger partial charge in [-0.25, -0.2) is 8.78 Å². The molecule has 142 valence electrons. The molecule has 0 aliphatic heterocycles. The Morgan fingerprint density at radius 2 is 1.85 bits per heavy atom. The third-order valence-electron chi connectivity index (χ3n) is 3.62. The molecule has 0 radical (unpaired) electrons. The molecule has 0 aliphatic rings. The topological polar surface area (TPSA) is 58.2 Å². The average Bonchev–Trinajstić information content (AvgIpc) is 2.57. The second-order valence-electron chi connectivity index (χ2n) is 5.90. The molecule has 1 aromatic rings. The predicted molar refractivity (Wildman–Crippen MR) is 98.5 cm³/mol. The van der Waals surface area contributed by atoms with Gasteiger partial charge in [-0.3, -0.25) is 9.59 Å². The lowest BCUT2D eigenvalue weighted by atomic mass is 10.0. The summed E-state index contributed by atoms with van der Waals surface area (Å²) in [6, 6.07) is 2.14. The van der Waals surface area contributed by atoms with Crippen LogP contribution in [0.25, 0.3) is 0 Å². The van der Waals surface area contributed by atoms with Crippen molar-refractivity contribution in [3.63, 3.8) is 0 Å². The van der Waals surface area contributed by atoms with Gasteiger partial charge in [0.1, 0.15) is 17.7 Å². The van der Waals surface area contributed by atoms with Crippen LogP contribution >= 0.6 is 0 Å². The van der Waals surface area contributed by atoms with Crippen LogP contribution in [0.1, 0.15) is 38.7 Å². The first kappa shape index (κ1) is 21.5. The lowest BCUT2D eigenvalue weighted by molar-refractivity contribution is -0.126. The van der Waals surface area contributed by atoms with Crippen molar-refractivity contribution in [2.45, 2.75) is 45.6 Å². The summed E-state index contributed by atoms with van der Waals surface area (Å²) in [5.41, 5.74) is 0.295. The quantitative estimate of drug-likeness (QED) is 0.380. The Kier molecular flexibility index (Phi) is 9.90. The van der Waals surface area contributed by atoms with Gasteiger partial charge in [0.15, 0.2) is 0 Å². The van der Waals surface area contributed by atoms with Crippen LogP contribution in [0.15, 0.2) is 42.5 Å². The van der Waals surface area contributed by atoms with Crippen molar-refractivity contribution in [3.05, 3.63) is 59.7 Å². The maximum absolute atomic E-state index is 13.4. The molecule has 0 aliphatic carbocycles.